The summed E-state index contributed by atoms with van der Waals surface area (Å²) >= 11 is 0. The highest BCUT2D eigenvalue weighted by molar-refractivity contribution is 5.95. The molecule has 0 spiro atoms. The van der Waals surface area contributed by atoms with E-state index < -0.39 is 11.7 Å². The van der Waals surface area contributed by atoms with Gasteiger partial charge >= 0.3 is 6.18 Å². The molecule has 0 aliphatic heterocycles. The molecule has 0 aliphatic carbocycles. The fourth-order valence-corrected chi connectivity index (χ4v) is 2.27. The average molecular weight is 273 g/mol. The van der Waals surface area contributed by atoms with Crippen molar-refractivity contribution in [3.63, 3.8) is 0 Å². The third-order valence-electron chi connectivity index (χ3n) is 3.16. The fourth-order valence-electron chi connectivity index (χ4n) is 2.27. The number of pyridine rings is 1. The maximum Gasteiger partial charge on any atom is 0.417 e. The van der Waals surface area contributed by atoms with Gasteiger partial charge in [0.25, 0.3) is 0 Å². The number of nitrogens with zero attached hydrogens (tertiary/aromatic N) is 1. The lowest BCUT2D eigenvalue weighted by molar-refractivity contribution is -0.137. The molecular weight excluding hydrogens is 263 g/mol. The molecule has 0 N–H and O–H groups in total. The van der Waals surface area contributed by atoms with Crippen molar-refractivity contribution < 1.29 is 13.2 Å². The monoisotopic (exact) mass is 273 g/mol. The zero-order valence-electron chi connectivity index (χ0n) is 10.4. The van der Waals surface area contributed by atoms with Crippen LogP contribution in [0.2, 0.25) is 0 Å². The molecule has 0 saturated carbocycles. The first-order valence-electron chi connectivity index (χ1n) is 6.08. The van der Waals surface area contributed by atoms with Crippen LogP contribution in [0.1, 0.15) is 5.56 Å². The highest BCUT2D eigenvalue weighted by Gasteiger charge is 2.33. The second-order valence-corrected chi connectivity index (χ2v) is 4.42. The summed E-state index contributed by atoms with van der Waals surface area (Å²) in [6, 6.07) is 14.6. The number of halogens is 3. The number of aromatic nitrogens is 1. The van der Waals surface area contributed by atoms with E-state index in [9.17, 15) is 13.2 Å². The zero-order chi connectivity index (χ0) is 14.2. The number of rotatable bonds is 1. The molecule has 2 aromatic carbocycles. The Morgan fingerprint density at radius 2 is 1.50 bits per heavy atom. The van der Waals surface area contributed by atoms with Crippen molar-refractivity contribution >= 4 is 10.8 Å². The molecule has 0 aliphatic rings. The molecule has 0 unspecified atom stereocenters. The summed E-state index contributed by atoms with van der Waals surface area (Å²) in [6.07, 6.45) is -2.86. The van der Waals surface area contributed by atoms with Gasteiger partial charge in [0.05, 0.1) is 11.3 Å². The van der Waals surface area contributed by atoms with Crippen LogP contribution in [0.15, 0.2) is 60.8 Å². The molecule has 0 bridgehead atoms. The Balaban J connectivity index is 2.32. The standard InChI is InChI=1S/C16H10F3N/c17-16(18,19)14-8-4-3-7-13(14)15-12-6-2-1-5-11(12)9-10-20-15/h1-10H. The molecule has 1 aromatic heterocycles. The molecule has 0 saturated heterocycles. The molecule has 3 rings (SSSR count). The summed E-state index contributed by atoms with van der Waals surface area (Å²) in [5.74, 6) is 0. The fraction of sp³-hybridized carbons (Fsp3) is 0.0625. The van der Waals surface area contributed by atoms with Crippen molar-refractivity contribution in [2.24, 2.45) is 0 Å². The SMILES string of the molecule is FC(F)(F)c1ccccc1-c1nccc2ccccc12. The largest absolute Gasteiger partial charge is 0.417 e. The number of benzene rings is 2. The number of alkyl halides is 3. The van der Waals surface area contributed by atoms with E-state index >= 15 is 0 Å². The van der Waals surface area contributed by atoms with Gasteiger partial charge in [-0.3, -0.25) is 4.98 Å². The molecule has 0 radical (unpaired) electrons. The van der Waals surface area contributed by atoms with E-state index in [1.54, 1.807) is 24.3 Å². The normalized spacial score (nSPS) is 11.8. The van der Waals surface area contributed by atoms with Crippen LogP contribution in [0.25, 0.3) is 22.0 Å². The first kappa shape index (κ1) is 12.7. The van der Waals surface area contributed by atoms with Gasteiger partial charge < -0.3 is 0 Å². The van der Waals surface area contributed by atoms with Crippen molar-refractivity contribution in [3.05, 3.63) is 66.4 Å². The smallest absolute Gasteiger partial charge is 0.256 e. The van der Waals surface area contributed by atoms with Crippen molar-refractivity contribution in [3.8, 4) is 11.3 Å². The van der Waals surface area contributed by atoms with Gasteiger partial charge in [0.15, 0.2) is 0 Å². The summed E-state index contributed by atoms with van der Waals surface area (Å²) in [5.41, 5.74) is -0.198. The van der Waals surface area contributed by atoms with Crippen LogP contribution < -0.4 is 0 Å². The molecule has 3 aromatic rings. The number of fused-ring (bicyclic) bond motifs is 1. The number of hydrogen-bond acceptors (Lipinski definition) is 1. The predicted octanol–water partition coefficient (Wildman–Crippen LogP) is 4.92. The first-order chi connectivity index (χ1) is 9.57. The van der Waals surface area contributed by atoms with Gasteiger partial charge in [-0.1, -0.05) is 42.5 Å². The minimum absolute atomic E-state index is 0.108. The highest BCUT2D eigenvalue weighted by Crippen LogP contribution is 2.38. The van der Waals surface area contributed by atoms with E-state index in [0.717, 1.165) is 11.5 Å². The van der Waals surface area contributed by atoms with Crippen LogP contribution in [0.4, 0.5) is 13.2 Å². The van der Waals surface area contributed by atoms with Gasteiger partial charge in [0, 0.05) is 17.1 Å². The van der Waals surface area contributed by atoms with Crippen LogP contribution in [0.3, 0.4) is 0 Å². The average Bonchev–Trinajstić information content (AvgIpc) is 2.46. The molecule has 0 atom stereocenters. The Labute approximate surface area is 113 Å². The summed E-state index contributed by atoms with van der Waals surface area (Å²) in [6.45, 7) is 0. The van der Waals surface area contributed by atoms with Crippen molar-refractivity contribution in [2.75, 3.05) is 0 Å². The van der Waals surface area contributed by atoms with Crippen molar-refractivity contribution in [1.82, 2.24) is 4.98 Å². The van der Waals surface area contributed by atoms with Gasteiger partial charge in [-0.2, -0.15) is 13.2 Å². The van der Waals surface area contributed by atoms with Crippen molar-refractivity contribution in [1.29, 1.82) is 0 Å². The Morgan fingerprint density at radius 3 is 2.30 bits per heavy atom. The molecule has 1 nitrogen and oxygen atoms in total. The Morgan fingerprint density at radius 1 is 0.800 bits per heavy atom. The Hall–Kier alpha value is -2.36. The summed E-state index contributed by atoms with van der Waals surface area (Å²) in [4.78, 5) is 4.15. The van der Waals surface area contributed by atoms with E-state index in [2.05, 4.69) is 4.98 Å². The third kappa shape index (κ3) is 2.13. The van der Waals surface area contributed by atoms with E-state index in [4.69, 9.17) is 0 Å². The van der Waals surface area contributed by atoms with Gasteiger partial charge in [0.2, 0.25) is 0 Å². The van der Waals surface area contributed by atoms with E-state index in [0.29, 0.717) is 11.1 Å². The van der Waals surface area contributed by atoms with Crippen LogP contribution in [0, 0.1) is 0 Å². The summed E-state index contributed by atoms with van der Waals surface area (Å²) in [7, 11) is 0. The summed E-state index contributed by atoms with van der Waals surface area (Å²) < 4.78 is 39.3. The molecule has 1 heterocycles. The first-order valence-corrected chi connectivity index (χ1v) is 6.08. The van der Waals surface area contributed by atoms with Gasteiger partial charge in [-0.25, -0.2) is 0 Å². The second-order valence-electron chi connectivity index (χ2n) is 4.42. The van der Waals surface area contributed by atoms with E-state index in [1.807, 2.05) is 12.1 Å². The van der Waals surface area contributed by atoms with Gasteiger partial charge in [-0.05, 0) is 17.5 Å². The Kier molecular flexibility index (Phi) is 2.93. The topological polar surface area (TPSA) is 12.9 Å². The molecule has 0 fully saturated rings. The maximum absolute atomic E-state index is 13.1. The summed E-state index contributed by atoms with van der Waals surface area (Å²) in [5, 5.41) is 1.58. The van der Waals surface area contributed by atoms with Crippen LogP contribution >= 0.6 is 0 Å². The predicted molar refractivity (Wildman–Crippen MR) is 72.2 cm³/mol. The molecule has 0 amide bonds. The lowest BCUT2D eigenvalue weighted by Gasteiger charge is -2.13. The zero-order valence-corrected chi connectivity index (χ0v) is 10.4. The van der Waals surface area contributed by atoms with Crippen LogP contribution in [0.5, 0.6) is 0 Å². The Bertz CT molecular complexity index is 758. The quantitative estimate of drug-likeness (QED) is 0.613. The number of hydrogen-bond donors (Lipinski definition) is 0. The maximum atomic E-state index is 13.1. The lowest BCUT2D eigenvalue weighted by atomic mass is 9.99. The van der Waals surface area contributed by atoms with Gasteiger partial charge in [-0.15, -0.1) is 0 Å². The van der Waals surface area contributed by atoms with E-state index in [1.165, 1.54) is 18.3 Å². The third-order valence-corrected chi connectivity index (χ3v) is 3.16. The minimum atomic E-state index is -4.39. The molecule has 4 heteroatoms. The van der Waals surface area contributed by atoms with Crippen molar-refractivity contribution in [2.45, 2.75) is 6.18 Å². The van der Waals surface area contributed by atoms with Crippen LogP contribution in [-0.4, -0.2) is 4.98 Å². The highest BCUT2D eigenvalue weighted by atomic mass is 19.4. The minimum Gasteiger partial charge on any atom is -0.256 e. The molecule has 100 valence electrons. The lowest BCUT2D eigenvalue weighted by Crippen LogP contribution is -2.07. The van der Waals surface area contributed by atoms with E-state index in [-0.39, 0.29) is 5.56 Å². The molecule has 20 heavy (non-hydrogen) atoms. The second kappa shape index (κ2) is 4.63. The molecular formula is C16H10F3N. The van der Waals surface area contributed by atoms with Gasteiger partial charge in [0.1, 0.15) is 0 Å². The van der Waals surface area contributed by atoms with Crippen LogP contribution in [-0.2, 0) is 6.18 Å².